The van der Waals surface area contributed by atoms with Crippen molar-refractivity contribution in [1.29, 1.82) is 0 Å². The van der Waals surface area contributed by atoms with Crippen molar-refractivity contribution in [2.24, 2.45) is 0 Å². The van der Waals surface area contributed by atoms with Crippen molar-refractivity contribution in [2.45, 2.75) is 24.7 Å². The van der Waals surface area contributed by atoms with E-state index in [9.17, 15) is 13.2 Å². The number of benzene rings is 1. The molecular formula is C13H15N3O4S. The fourth-order valence-corrected chi connectivity index (χ4v) is 2.80. The number of hydrogen-bond donors (Lipinski definition) is 1. The van der Waals surface area contributed by atoms with Crippen molar-refractivity contribution in [2.75, 3.05) is 6.54 Å². The summed E-state index contributed by atoms with van der Waals surface area (Å²) < 4.78 is 31.5. The van der Waals surface area contributed by atoms with Gasteiger partial charge in [0.15, 0.2) is 12.1 Å². The van der Waals surface area contributed by atoms with Crippen LogP contribution in [0.4, 0.5) is 0 Å². The van der Waals surface area contributed by atoms with Gasteiger partial charge < -0.3 is 4.52 Å². The number of Topliss-reactive ketones (excluding diaryl/α,β-unsaturated/α-hetero) is 1. The lowest BCUT2D eigenvalue weighted by molar-refractivity contribution is 0.0988. The third-order valence-electron chi connectivity index (χ3n) is 2.83. The highest BCUT2D eigenvalue weighted by Crippen LogP contribution is 2.13. The first kappa shape index (κ1) is 15.3. The van der Waals surface area contributed by atoms with E-state index in [2.05, 4.69) is 14.9 Å². The van der Waals surface area contributed by atoms with E-state index in [1.165, 1.54) is 18.5 Å². The van der Waals surface area contributed by atoms with Crippen LogP contribution in [-0.2, 0) is 16.4 Å². The first-order valence-corrected chi connectivity index (χ1v) is 7.89. The Morgan fingerprint density at radius 2 is 2.19 bits per heavy atom. The molecule has 2 rings (SSSR count). The van der Waals surface area contributed by atoms with Gasteiger partial charge in [-0.3, -0.25) is 4.79 Å². The molecule has 0 radical (unpaired) electrons. The second kappa shape index (κ2) is 6.59. The third-order valence-corrected chi connectivity index (χ3v) is 4.28. The number of sulfonamides is 1. The molecule has 1 aromatic carbocycles. The normalized spacial score (nSPS) is 11.5. The molecule has 0 aliphatic heterocycles. The molecule has 112 valence electrons. The monoisotopic (exact) mass is 309 g/mol. The van der Waals surface area contributed by atoms with Crippen molar-refractivity contribution in [1.82, 2.24) is 14.9 Å². The van der Waals surface area contributed by atoms with Crippen LogP contribution in [-0.4, -0.2) is 30.9 Å². The average molecular weight is 309 g/mol. The second-order valence-electron chi connectivity index (χ2n) is 4.29. The molecule has 8 heteroatoms. The molecule has 21 heavy (non-hydrogen) atoms. The summed E-state index contributed by atoms with van der Waals surface area (Å²) in [4.78, 5) is 15.5. The van der Waals surface area contributed by atoms with E-state index < -0.39 is 10.0 Å². The Hall–Kier alpha value is -2.06. The van der Waals surface area contributed by atoms with Gasteiger partial charge in [0, 0.05) is 24.9 Å². The maximum Gasteiger partial charge on any atom is 0.240 e. The van der Waals surface area contributed by atoms with Crippen LogP contribution in [0.3, 0.4) is 0 Å². The first-order valence-electron chi connectivity index (χ1n) is 6.41. The van der Waals surface area contributed by atoms with E-state index in [1.807, 2.05) is 0 Å². The van der Waals surface area contributed by atoms with Crippen LogP contribution in [0.2, 0.25) is 0 Å². The number of rotatable bonds is 7. The molecule has 0 aliphatic rings. The summed E-state index contributed by atoms with van der Waals surface area (Å²) in [5.74, 6) is 0.255. The molecule has 0 atom stereocenters. The Morgan fingerprint density at radius 1 is 1.38 bits per heavy atom. The van der Waals surface area contributed by atoms with Crippen LogP contribution in [0.15, 0.2) is 40.0 Å². The van der Waals surface area contributed by atoms with Crippen molar-refractivity contribution in [3.8, 4) is 0 Å². The average Bonchev–Trinajstić information content (AvgIpc) is 2.99. The van der Waals surface area contributed by atoms with Gasteiger partial charge in [-0.15, -0.1) is 0 Å². The Bertz CT molecular complexity index is 711. The van der Waals surface area contributed by atoms with Gasteiger partial charge in [0.2, 0.25) is 15.9 Å². The van der Waals surface area contributed by atoms with Gasteiger partial charge in [0.25, 0.3) is 0 Å². The van der Waals surface area contributed by atoms with Crippen molar-refractivity contribution in [3.05, 3.63) is 42.0 Å². The molecular weight excluding hydrogens is 294 g/mol. The minimum atomic E-state index is -3.67. The molecule has 1 aromatic heterocycles. The predicted octanol–water partition coefficient (Wildman–Crippen LogP) is 1.18. The Balaban J connectivity index is 2.06. The maximum atomic E-state index is 12.1. The molecule has 0 saturated heterocycles. The van der Waals surface area contributed by atoms with Crippen LogP contribution >= 0.6 is 0 Å². The number of hydrogen-bond acceptors (Lipinski definition) is 6. The fourth-order valence-electron chi connectivity index (χ4n) is 1.72. The summed E-state index contributed by atoms with van der Waals surface area (Å²) in [6.07, 6.45) is 1.88. The van der Waals surface area contributed by atoms with Crippen molar-refractivity contribution < 1.29 is 17.7 Å². The zero-order valence-electron chi connectivity index (χ0n) is 11.4. The van der Waals surface area contributed by atoms with Gasteiger partial charge in [-0.2, -0.15) is 4.98 Å². The highest BCUT2D eigenvalue weighted by atomic mass is 32.2. The van der Waals surface area contributed by atoms with E-state index in [0.29, 0.717) is 24.3 Å². The summed E-state index contributed by atoms with van der Waals surface area (Å²) in [5, 5.41) is 3.44. The zero-order chi connectivity index (χ0) is 15.3. The maximum absolute atomic E-state index is 12.1. The summed E-state index contributed by atoms with van der Waals surface area (Å²) in [6, 6.07) is 5.97. The summed E-state index contributed by atoms with van der Waals surface area (Å²) >= 11 is 0. The first-order chi connectivity index (χ1) is 10.0. The number of carbonyl (C=O) groups is 1. The molecule has 0 bridgehead atoms. The molecule has 7 nitrogen and oxygen atoms in total. The predicted molar refractivity (Wildman–Crippen MR) is 74.3 cm³/mol. The highest BCUT2D eigenvalue weighted by Gasteiger charge is 2.15. The molecule has 1 heterocycles. The van der Waals surface area contributed by atoms with Crippen LogP contribution < -0.4 is 4.72 Å². The number of carbonyl (C=O) groups excluding carboxylic acids is 1. The van der Waals surface area contributed by atoms with E-state index in [1.54, 1.807) is 19.1 Å². The molecule has 0 saturated carbocycles. The van der Waals surface area contributed by atoms with E-state index in [4.69, 9.17) is 4.52 Å². The van der Waals surface area contributed by atoms with Crippen molar-refractivity contribution >= 4 is 15.8 Å². The number of aromatic nitrogens is 2. The van der Waals surface area contributed by atoms with Crippen LogP contribution in [0, 0.1) is 0 Å². The standard InChI is InChI=1S/C13H15N3O4S/c1-2-12(17)10-4-3-5-11(8-10)21(18,19)16-7-6-13-14-9-15-20-13/h3-5,8-9,16H,2,6-7H2,1H3. The lowest BCUT2D eigenvalue weighted by Gasteiger charge is -2.07. The Labute approximate surface area is 122 Å². The molecule has 0 unspecified atom stereocenters. The quantitative estimate of drug-likeness (QED) is 0.771. The summed E-state index contributed by atoms with van der Waals surface area (Å²) in [6.45, 7) is 1.86. The molecule has 0 spiro atoms. The zero-order valence-corrected chi connectivity index (χ0v) is 12.3. The van der Waals surface area contributed by atoms with Gasteiger partial charge >= 0.3 is 0 Å². The Kier molecular flexibility index (Phi) is 4.81. The molecule has 0 fully saturated rings. The van der Waals surface area contributed by atoms with Gasteiger partial charge in [-0.05, 0) is 12.1 Å². The van der Waals surface area contributed by atoms with E-state index in [0.717, 1.165) is 0 Å². The largest absolute Gasteiger partial charge is 0.340 e. The third kappa shape index (κ3) is 3.96. The minimum Gasteiger partial charge on any atom is -0.340 e. The number of nitrogens with zero attached hydrogens (tertiary/aromatic N) is 2. The van der Waals surface area contributed by atoms with Crippen LogP contribution in [0.25, 0.3) is 0 Å². The van der Waals surface area contributed by atoms with Crippen LogP contribution in [0.5, 0.6) is 0 Å². The topological polar surface area (TPSA) is 102 Å². The van der Waals surface area contributed by atoms with Gasteiger partial charge in [0.1, 0.15) is 0 Å². The van der Waals surface area contributed by atoms with E-state index >= 15 is 0 Å². The van der Waals surface area contributed by atoms with Gasteiger partial charge in [-0.1, -0.05) is 24.2 Å². The number of ketones is 1. The van der Waals surface area contributed by atoms with E-state index in [-0.39, 0.29) is 17.2 Å². The SMILES string of the molecule is CCC(=O)c1cccc(S(=O)(=O)NCCc2ncno2)c1. The molecule has 1 N–H and O–H groups in total. The van der Waals surface area contributed by atoms with Crippen molar-refractivity contribution in [3.63, 3.8) is 0 Å². The molecule has 0 aliphatic carbocycles. The smallest absolute Gasteiger partial charge is 0.240 e. The fraction of sp³-hybridized carbons (Fsp3) is 0.308. The minimum absolute atomic E-state index is 0.0623. The van der Waals surface area contributed by atoms with Gasteiger partial charge in [-0.25, -0.2) is 13.1 Å². The van der Waals surface area contributed by atoms with Crippen LogP contribution in [0.1, 0.15) is 29.6 Å². The summed E-state index contributed by atoms with van der Waals surface area (Å²) in [7, 11) is -3.67. The Morgan fingerprint density at radius 3 is 2.86 bits per heavy atom. The molecule has 2 aromatic rings. The highest BCUT2D eigenvalue weighted by molar-refractivity contribution is 7.89. The lowest BCUT2D eigenvalue weighted by atomic mass is 10.1. The summed E-state index contributed by atoms with van der Waals surface area (Å²) in [5.41, 5.74) is 0.386. The molecule has 0 amide bonds. The second-order valence-corrected chi connectivity index (χ2v) is 6.05. The number of nitrogens with one attached hydrogen (secondary N) is 1. The lowest BCUT2D eigenvalue weighted by Crippen LogP contribution is -2.26. The van der Waals surface area contributed by atoms with Gasteiger partial charge in [0.05, 0.1) is 4.90 Å².